The van der Waals surface area contributed by atoms with E-state index in [0.717, 1.165) is 0 Å². The largest absolute Gasteiger partial charge is 0.495 e. The highest BCUT2D eigenvalue weighted by Gasteiger charge is 2.15. The number of carboxylic acid groups (broad SMARTS) is 1. The second-order valence-electron chi connectivity index (χ2n) is 1.92. The third-order valence-electron chi connectivity index (χ3n) is 1.02. The average Bonchev–Trinajstić information content (AvgIpc) is 1.98. The molecule has 0 radical (unpaired) electrons. The number of carboxylic acids is 1. The lowest BCUT2D eigenvalue weighted by Gasteiger charge is -2.10. The zero-order valence-electron chi connectivity index (χ0n) is 6.12. The van der Waals surface area contributed by atoms with E-state index in [9.17, 15) is 4.79 Å². The monoisotopic (exact) mass is 160 g/mol. The first-order valence-electron chi connectivity index (χ1n) is 3.09. The minimum absolute atomic E-state index is 0.0305. The molecule has 0 aliphatic rings. The fourth-order valence-electron chi connectivity index (χ4n) is 0.418. The molecule has 5 nitrogen and oxygen atoms in total. The molecule has 1 unspecified atom stereocenters. The number of nitrogens with two attached hydrogens (primary N) is 2. The molecule has 0 aliphatic heterocycles. The molecule has 0 aliphatic carbocycles. The van der Waals surface area contributed by atoms with E-state index in [1.54, 1.807) is 0 Å². The molecule has 0 bridgehead atoms. The van der Waals surface area contributed by atoms with Crippen LogP contribution < -0.4 is 11.5 Å². The summed E-state index contributed by atoms with van der Waals surface area (Å²) in [4.78, 5) is 10.2. The molecule has 0 spiro atoms. The number of carbonyl (C=O) groups is 1. The Bertz CT molecular complexity index is 158. The second kappa shape index (κ2) is 4.70. The van der Waals surface area contributed by atoms with Crippen molar-refractivity contribution in [2.24, 2.45) is 11.5 Å². The van der Waals surface area contributed by atoms with Crippen LogP contribution in [0.25, 0.3) is 0 Å². The normalized spacial score (nSPS) is 12.2. The highest BCUT2D eigenvalue weighted by atomic mass is 16.5. The van der Waals surface area contributed by atoms with E-state index in [-0.39, 0.29) is 12.4 Å². The van der Waals surface area contributed by atoms with Crippen LogP contribution in [0.4, 0.5) is 0 Å². The summed E-state index contributed by atoms with van der Waals surface area (Å²) in [5.41, 5.74) is 10.2. The lowest BCUT2D eigenvalue weighted by atomic mass is 10.3. The van der Waals surface area contributed by atoms with E-state index in [4.69, 9.17) is 21.3 Å². The molecule has 0 amide bonds. The number of hydrogen-bond donors (Lipinski definition) is 3. The van der Waals surface area contributed by atoms with Gasteiger partial charge in [-0.15, -0.1) is 0 Å². The molecule has 0 aromatic rings. The number of aliphatic carboxylic acids is 1. The lowest BCUT2D eigenvalue weighted by molar-refractivity contribution is -0.138. The number of rotatable bonds is 5. The van der Waals surface area contributed by atoms with E-state index in [1.807, 2.05) is 0 Å². The first-order chi connectivity index (χ1) is 5.09. The van der Waals surface area contributed by atoms with Gasteiger partial charge in [0.1, 0.15) is 5.76 Å². The van der Waals surface area contributed by atoms with Gasteiger partial charge in [0.05, 0.1) is 6.61 Å². The Morgan fingerprint density at radius 1 is 1.73 bits per heavy atom. The molecular formula is C6H12N2O3. The van der Waals surface area contributed by atoms with Gasteiger partial charge in [-0.1, -0.05) is 6.58 Å². The van der Waals surface area contributed by atoms with Gasteiger partial charge >= 0.3 is 5.97 Å². The van der Waals surface area contributed by atoms with Crippen molar-refractivity contribution in [2.45, 2.75) is 6.04 Å². The van der Waals surface area contributed by atoms with Gasteiger partial charge in [-0.25, -0.2) is 0 Å². The molecule has 0 aromatic carbocycles. The fraction of sp³-hybridized carbons (Fsp3) is 0.500. The summed E-state index contributed by atoms with van der Waals surface area (Å²) in [6, 6.07) is -1.17. The van der Waals surface area contributed by atoms with E-state index in [1.165, 1.54) is 0 Å². The number of ether oxygens (including phenoxy) is 1. The Morgan fingerprint density at radius 2 is 2.27 bits per heavy atom. The van der Waals surface area contributed by atoms with Crippen molar-refractivity contribution in [3.63, 3.8) is 0 Å². The van der Waals surface area contributed by atoms with Crippen LogP contribution in [0.1, 0.15) is 0 Å². The van der Waals surface area contributed by atoms with Crippen molar-refractivity contribution in [3.8, 4) is 0 Å². The average molecular weight is 160 g/mol. The molecule has 0 saturated carbocycles. The zero-order chi connectivity index (χ0) is 8.85. The molecule has 11 heavy (non-hydrogen) atoms. The first-order valence-corrected chi connectivity index (χ1v) is 3.09. The smallest absolute Gasteiger partial charge is 0.328 e. The van der Waals surface area contributed by atoms with Crippen LogP contribution >= 0.6 is 0 Å². The van der Waals surface area contributed by atoms with Gasteiger partial charge in [-0.3, -0.25) is 4.79 Å². The maximum absolute atomic E-state index is 10.2. The van der Waals surface area contributed by atoms with Crippen LogP contribution in [0.15, 0.2) is 12.3 Å². The molecule has 5 heteroatoms. The molecule has 0 aromatic heterocycles. The molecule has 0 heterocycles. The molecule has 5 N–H and O–H groups in total. The van der Waals surface area contributed by atoms with E-state index < -0.39 is 12.0 Å². The maximum atomic E-state index is 10.2. The van der Waals surface area contributed by atoms with Crippen LogP contribution in [-0.2, 0) is 9.53 Å². The van der Waals surface area contributed by atoms with E-state index in [2.05, 4.69) is 6.58 Å². The Morgan fingerprint density at radius 3 is 2.64 bits per heavy atom. The van der Waals surface area contributed by atoms with Crippen molar-refractivity contribution in [1.29, 1.82) is 0 Å². The van der Waals surface area contributed by atoms with Gasteiger partial charge in [-0.05, 0) is 0 Å². The van der Waals surface area contributed by atoms with Crippen LogP contribution in [0.5, 0.6) is 0 Å². The minimum atomic E-state index is -1.17. The van der Waals surface area contributed by atoms with Crippen LogP contribution in [0, 0.1) is 0 Å². The van der Waals surface area contributed by atoms with E-state index >= 15 is 0 Å². The van der Waals surface area contributed by atoms with Crippen molar-refractivity contribution >= 4 is 5.97 Å². The Kier molecular flexibility index (Phi) is 4.24. The predicted octanol–water partition coefficient (Wildman–Crippen LogP) is -1.11. The molecule has 0 saturated heterocycles. The van der Waals surface area contributed by atoms with Gasteiger partial charge in [0.2, 0.25) is 0 Å². The van der Waals surface area contributed by atoms with E-state index in [0.29, 0.717) is 6.54 Å². The summed E-state index contributed by atoms with van der Waals surface area (Å²) in [7, 11) is 0. The SMILES string of the molecule is C=C(OCCN)C(N)C(=O)O. The summed E-state index contributed by atoms with van der Waals surface area (Å²) < 4.78 is 4.79. The highest BCUT2D eigenvalue weighted by Crippen LogP contribution is 1.97. The zero-order valence-corrected chi connectivity index (χ0v) is 6.12. The quantitative estimate of drug-likeness (QED) is 0.443. The van der Waals surface area contributed by atoms with Crippen molar-refractivity contribution in [3.05, 3.63) is 12.3 Å². The summed E-state index contributed by atoms with van der Waals surface area (Å²) >= 11 is 0. The summed E-state index contributed by atoms with van der Waals surface area (Å²) in [6.07, 6.45) is 0. The Labute approximate surface area is 64.6 Å². The van der Waals surface area contributed by atoms with Crippen molar-refractivity contribution < 1.29 is 14.6 Å². The molecule has 64 valence electrons. The van der Waals surface area contributed by atoms with Crippen LogP contribution in [0.2, 0.25) is 0 Å². The summed E-state index contributed by atoms with van der Waals surface area (Å²) in [5, 5.41) is 8.35. The Balaban J connectivity index is 3.74. The topological polar surface area (TPSA) is 98.6 Å². The van der Waals surface area contributed by atoms with Gasteiger partial charge in [-0.2, -0.15) is 0 Å². The molecular weight excluding hydrogens is 148 g/mol. The molecule has 0 fully saturated rings. The van der Waals surface area contributed by atoms with Gasteiger partial charge < -0.3 is 21.3 Å². The second-order valence-corrected chi connectivity index (χ2v) is 1.92. The van der Waals surface area contributed by atoms with Crippen LogP contribution in [0.3, 0.4) is 0 Å². The fourth-order valence-corrected chi connectivity index (χ4v) is 0.418. The third-order valence-corrected chi connectivity index (χ3v) is 1.02. The molecule has 1 atom stereocenters. The maximum Gasteiger partial charge on any atom is 0.328 e. The third kappa shape index (κ3) is 3.59. The lowest BCUT2D eigenvalue weighted by Crippen LogP contribution is -2.33. The van der Waals surface area contributed by atoms with Gasteiger partial charge in [0.15, 0.2) is 6.04 Å². The standard InChI is InChI=1S/C6H12N2O3/c1-4(11-3-2-7)5(8)6(9)10/h5H,1-3,7-8H2,(H,9,10). The highest BCUT2D eigenvalue weighted by molar-refractivity contribution is 5.76. The predicted molar refractivity (Wildman–Crippen MR) is 39.8 cm³/mol. The van der Waals surface area contributed by atoms with Crippen molar-refractivity contribution in [1.82, 2.24) is 0 Å². The Hall–Kier alpha value is -1.07. The molecule has 0 rings (SSSR count). The van der Waals surface area contributed by atoms with Gasteiger partial charge in [0.25, 0.3) is 0 Å². The van der Waals surface area contributed by atoms with Crippen LogP contribution in [-0.4, -0.2) is 30.3 Å². The summed E-state index contributed by atoms with van der Waals surface area (Å²) in [6.45, 7) is 3.88. The van der Waals surface area contributed by atoms with Crippen molar-refractivity contribution in [2.75, 3.05) is 13.2 Å². The number of hydrogen-bond acceptors (Lipinski definition) is 4. The first kappa shape index (κ1) is 9.93. The summed E-state index contributed by atoms with van der Waals surface area (Å²) in [5.74, 6) is -1.13. The van der Waals surface area contributed by atoms with Gasteiger partial charge in [0, 0.05) is 6.54 Å². The minimum Gasteiger partial charge on any atom is -0.495 e.